The Bertz CT molecular complexity index is 927. The molecule has 1 N–H and O–H groups in total. The molecule has 2 aromatic rings. The van der Waals surface area contributed by atoms with Gasteiger partial charge in [0.25, 0.3) is 0 Å². The highest BCUT2D eigenvalue weighted by Gasteiger charge is 2.37. The third-order valence-corrected chi connectivity index (χ3v) is 5.41. The number of sulfonamides is 1. The predicted octanol–water partition coefficient (Wildman–Crippen LogP) is 3.15. The number of nitrogens with one attached hydrogen (secondary N) is 1. The fourth-order valence-electron chi connectivity index (χ4n) is 2.53. The molecule has 2 aromatic carbocycles. The maximum absolute atomic E-state index is 13.1. The SMILES string of the molecule is COC(=O)C(CNS(=O)(=O)c1ccccc1C(F)(F)F)Cc1ccc(F)cc1. The summed E-state index contributed by atoms with van der Waals surface area (Å²) in [5, 5.41) is 0. The molecule has 0 aromatic heterocycles. The fourth-order valence-corrected chi connectivity index (χ4v) is 3.84. The van der Waals surface area contributed by atoms with Crippen molar-refractivity contribution in [2.45, 2.75) is 17.5 Å². The van der Waals surface area contributed by atoms with Crippen LogP contribution in [0.25, 0.3) is 0 Å². The van der Waals surface area contributed by atoms with E-state index < -0.39 is 50.9 Å². The van der Waals surface area contributed by atoms with E-state index >= 15 is 0 Å². The number of benzene rings is 2. The van der Waals surface area contributed by atoms with Gasteiger partial charge in [-0.15, -0.1) is 0 Å². The normalized spacial score (nSPS) is 13.2. The van der Waals surface area contributed by atoms with Gasteiger partial charge in [-0.3, -0.25) is 4.79 Å². The lowest BCUT2D eigenvalue weighted by atomic mass is 9.99. The van der Waals surface area contributed by atoms with Crippen molar-refractivity contribution in [3.05, 3.63) is 65.5 Å². The molecule has 28 heavy (non-hydrogen) atoms. The molecule has 0 heterocycles. The van der Waals surface area contributed by atoms with Gasteiger partial charge in [-0.1, -0.05) is 24.3 Å². The number of esters is 1. The van der Waals surface area contributed by atoms with Crippen molar-refractivity contribution in [1.82, 2.24) is 4.72 Å². The van der Waals surface area contributed by atoms with Crippen molar-refractivity contribution >= 4 is 16.0 Å². The fraction of sp³-hybridized carbons (Fsp3) is 0.278. The predicted molar refractivity (Wildman–Crippen MR) is 92.2 cm³/mol. The zero-order valence-corrected chi connectivity index (χ0v) is 15.5. The zero-order chi connectivity index (χ0) is 20.9. The van der Waals surface area contributed by atoms with E-state index in [0.29, 0.717) is 11.6 Å². The number of hydrogen-bond acceptors (Lipinski definition) is 4. The Morgan fingerprint density at radius 2 is 1.71 bits per heavy atom. The molecule has 0 aliphatic carbocycles. The van der Waals surface area contributed by atoms with Crippen LogP contribution in [0.4, 0.5) is 17.6 Å². The van der Waals surface area contributed by atoms with E-state index in [1.54, 1.807) is 0 Å². The topological polar surface area (TPSA) is 72.5 Å². The Balaban J connectivity index is 2.22. The Labute approximate surface area is 159 Å². The van der Waals surface area contributed by atoms with Crippen LogP contribution in [-0.4, -0.2) is 28.0 Å². The first-order valence-corrected chi connectivity index (χ1v) is 9.51. The van der Waals surface area contributed by atoms with Crippen LogP contribution in [0.5, 0.6) is 0 Å². The van der Waals surface area contributed by atoms with Crippen LogP contribution in [0.15, 0.2) is 53.4 Å². The lowest BCUT2D eigenvalue weighted by Crippen LogP contribution is -2.35. The van der Waals surface area contributed by atoms with Crippen LogP contribution in [0.2, 0.25) is 0 Å². The van der Waals surface area contributed by atoms with Crippen LogP contribution in [0.1, 0.15) is 11.1 Å². The summed E-state index contributed by atoms with van der Waals surface area (Å²) in [6.07, 6.45) is -4.85. The summed E-state index contributed by atoms with van der Waals surface area (Å²) in [7, 11) is -3.44. The van der Waals surface area contributed by atoms with Crippen LogP contribution in [0, 0.1) is 11.7 Å². The molecule has 2 rings (SSSR count). The van der Waals surface area contributed by atoms with E-state index in [-0.39, 0.29) is 6.42 Å². The van der Waals surface area contributed by atoms with Gasteiger partial charge in [0.05, 0.1) is 23.5 Å². The van der Waals surface area contributed by atoms with Gasteiger partial charge in [-0.05, 0) is 36.2 Å². The van der Waals surface area contributed by atoms with Gasteiger partial charge in [0.2, 0.25) is 10.0 Å². The van der Waals surface area contributed by atoms with E-state index in [4.69, 9.17) is 0 Å². The summed E-state index contributed by atoms with van der Waals surface area (Å²) < 4.78 is 83.7. The molecular weight excluding hydrogens is 402 g/mol. The van der Waals surface area contributed by atoms with Gasteiger partial charge in [0.15, 0.2) is 0 Å². The van der Waals surface area contributed by atoms with E-state index in [1.807, 2.05) is 4.72 Å². The van der Waals surface area contributed by atoms with Crippen LogP contribution in [-0.2, 0) is 32.2 Å². The molecule has 0 saturated carbocycles. The Morgan fingerprint density at radius 1 is 1.11 bits per heavy atom. The monoisotopic (exact) mass is 419 g/mol. The average molecular weight is 419 g/mol. The van der Waals surface area contributed by atoms with Gasteiger partial charge in [0, 0.05) is 6.54 Å². The highest BCUT2D eigenvalue weighted by molar-refractivity contribution is 7.89. The quantitative estimate of drug-likeness (QED) is 0.553. The summed E-state index contributed by atoms with van der Waals surface area (Å²) in [5.74, 6) is -2.25. The molecule has 152 valence electrons. The minimum atomic E-state index is -4.86. The smallest absolute Gasteiger partial charge is 0.417 e. The van der Waals surface area contributed by atoms with Crippen molar-refractivity contribution < 1.29 is 35.5 Å². The number of halogens is 4. The molecular formula is C18H17F4NO4S. The summed E-state index contributed by atoms with van der Waals surface area (Å²) in [6.45, 7) is -0.488. The minimum absolute atomic E-state index is 0.0103. The van der Waals surface area contributed by atoms with E-state index in [0.717, 1.165) is 19.2 Å². The van der Waals surface area contributed by atoms with Gasteiger partial charge in [-0.2, -0.15) is 13.2 Å². The second kappa shape index (κ2) is 8.70. The molecule has 0 aliphatic heterocycles. The number of carbonyl (C=O) groups is 1. The number of carbonyl (C=O) groups excluding carboxylic acids is 1. The minimum Gasteiger partial charge on any atom is -0.469 e. The summed E-state index contributed by atoms with van der Waals surface area (Å²) in [5.41, 5.74) is -0.776. The van der Waals surface area contributed by atoms with Crippen LogP contribution < -0.4 is 4.72 Å². The number of rotatable bonds is 7. The maximum Gasteiger partial charge on any atom is 0.417 e. The molecule has 0 bridgehead atoms. The molecule has 0 amide bonds. The van der Waals surface area contributed by atoms with Crippen LogP contribution in [0.3, 0.4) is 0 Å². The molecule has 0 aliphatic rings. The van der Waals surface area contributed by atoms with Gasteiger partial charge in [-0.25, -0.2) is 17.5 Å². The van der Waals surface area contributed by atoms with E-state index in [2.05, 4.69) is 4.74 Å². The lowest BCUT2D eigenvalue weighted by molar-refractivity contribution is -0.145. The molecule has 0 spiro atoms. The number of methoxy groups -OCH3 is 1. The molecule has 5 nitrogen and oxygen atoms in total. The zero-order valence-electron chi connectivity index (χ0n) is 14.7. The van der Waals surface area contributed by atoms with Crippen molar-refractivity contribution in [1.29, 1.82) is 0 Å². The highest BCUT2D eigenvalue weighted by Crippen LogP contribution is 2.33. The number of hydrogen-bond donors (Lipinski definition) is 1. The second-order valence-corrected chi connectivity index (χ2v) is 7.63. The largest absolute Gasteiger partial charge is 0.469 e. The Morgan fingerprint density at radius 3 is 2.29 bits per heavy atom. The molecule has 1 atom stereocenters. The highest BCUT2D eigenvalue weighted by atomic mass is 32.2. The first-order valence-electron chi connectivity index (χ1n) is 8.03. The summed E-state index contributed by atoms with van der Waals surface area (Å²) >= 11 is 0. The van der Waals surface area contributed by atoms with Gasteiger partial charge in [0.1, 0.15) is 5.82 Å². The molecule has 0 fully saturated rings. The molecule has 10 heteroatoms. The Hall–Kier alpha value is -2.46. The van der Waals surface area contributed by atoms with E-state index in [1.165, 1.54) is 30.3 Å². The maximum atomic E-state index is 13.1. The third-order valence-electron chi connectivity index (χ3n) is 3.93. The summed E-state index contributed by atoms with van der Waals surface area (Å²) in [4.78, 5) is 11.0. The van der Waals surface area contributed by atoms with Crippen molar-refractivity contribution in [2.24, 2.45) is 5.92 Å². The van der Waals surface area contributed by atoms with Crippen molar-refractivity contribution in [3.63, 3.8) is 0 Å². The number of alkyl halides is 3. The lowest BCUT2D eigenvalue weighted by Gasteiger charge is -2.17. The van der Waals surface area contributed by atoms with Crippen LogP contribution >= 0.6 is 0 Å². The summed E-state index contributed by atoms with van der Waals surface area (Å²) in [6, 6.07) is 8.91. The van der Waals surface area contributed by atoms with Crippen molar-refractivity contribution in [3.8, 4) is 0 Å². The standard InChI is InChI=1S/C18H17F4NO4S/c1-27-17(24)13(10-12-6-8-14(19)9-7-12)11-23-28(25,26)16-5-3-2-4-15(16)18(20,21)22/h2-9,13,23H,10-11H2,1H3. The average Bonchev–Trinajstić information content (AvgIpc) is 2.65. The van der Waals surface area contributed by atoms with Gasteiger partial charge >= 0.3 is 12.1 Å². The van der Waals surface area contributed by atoms with Gasteiger partial charge < -0.3 is 4.74 Å². The third kappa shape index (κ3) is 5.52. The first kappa shape index (κ1) is 21.8. The molecule has 0 saturated heterocycles. The Kier molecular flexibility index (Phi) is 6.78. The number of ether oxygens (including phenoxy) is 1. The molecule has 0 radical (unpaired) electrons. The second-order valence-electron chi connectivity index (χ2n) is 5.90. The molecule has 1 unspecified atom stereocenters. The van der Waals surface area contributed by atoms with E-state index in [9.17, 15) is 30.8 Å². The van der Waals surface area contributed by atoms with Crippen molar-refractivity contribution in [2.75, 3.05) is 13.7 Å². The first-order chi connectivity index (χ1) is 13.0.